The fraction of sp³-hybridized carbons (Fsp3) is 0.222. The van der Waals surface area contributed by atoms with E-state index in [1.807, 2.05) is 0 Å². The van der Waals surface area contributed by atoms with Crippen molar-refractivity contribution in [1.29, 1.82) is 0 Å². The molecule has 0 aliphatic rings. The monoisotopic (exact) mass is 314 g/mol. The van der Waals surface area contributed by atoms with Gasteiger partial charge in [0.25, 0.3) is 5.91 Å². The van der Waals surface area contributed by atoms with Crippen LogP contribution in [0.15, 0.2) is 48.5 Å². The van der Waals surface area contributed by atoms with E-state index < -0.39 is 0 Å². The van der Waals surface area contributed by atoms with Crippen molar-refractivity contribution < 1.29 is 14.0 Å². The number of rotatable bonds is 5. The van der Waals surface area contributed by atoms with Crippen LogP contribution in [0.3, 0.4) is 0 Å². The second-order valence-corrected chi connectivity index (χ2v) is 5.44. The summed E-state index contributed by atoms with van der Waals surface area (Å²) in [4.78, 5) is 25.1. The highest BCUT2D eigenvalue weighted by Crippen LogP contribution is 2.08. The fourth-order valence-electron chi connectivity index (χ4n) is 2.10. The van der Waals surface area contributed by atoms with Crippen LogP contribution in [0.2, 0.25) is 0 Å². The molecule has 0 saturated heterocycles. The minimum atomic E-state index is -0.380. The van der Waals surface area contributed by atoms with Gasteiger partial charge in [-0.2, -0.15) is 0 Å². The lowest BCUT2D eigenvalue weighted by atomic mass is 10.1. The van der Waals surface area contributed by atoms with Gasteiger partial charge in [0.1, 0.15) is 5.82 Å². The molecule has 1 N–H and O–H groups in total. The van der Waals surface area contributed by atoms with Crippen LogP contribution in [0.1, 0.15) is 21.5 Å². The van der Waals surface area contributed by atoms with Crippen molar-refractivity contribution in [3.8, 4) is 0 Å². The van der Waals surface area contributed by atoms with Crippen LogP contribution in [-0.2, 0) is 17.8 Å². The molecule has 120 valence electrons. The molecule has 0 bridgehead atoms. The summed E-state index contributed by atoms with van der Waals surface area (Å²) in [6, 6.07) is 13.3. The van der Waals surface area contributed by atoms with Gasteiger partial charge in [0.05, 0.1) is 6.42 Å². The highest BCUT2D eigenvalue weighted by molar-refractivity contribution is 5.93. The Kier molecular flexibility index (Phi) is 5.46. The first-order chi connectivity index (χ1) is 11.0. The normalized spacial score (nSPS) is 10.2. The lowest BCUT2D eigenvalue weighted by Gasteiger charge is -2.11. The van der Waals surface area contributed by atoms with E-state index in [0.717, 1.165) is 5.56 Å². The van der Waals surface area contributed by atoms with Gasteiger partial charge in [-0.15, -0.1) is 0 Å². The SMILES string of the molecule is CN(C)C(=O)c1ccc(CNC(=O)Cc2ccccc2F)cc1. The summed E-state index contributed by atoms with van der Waals surface area (Å²) in [5.74, 6) is -0.696. The molecule has 2 aromatic rings. The lowest BCUT2D eigenvalue weighted by Crippen LogP contribution is -2.25. The van der Waals surface area contributed by atoms with Gasteiger partial charge in [0.2, 0.25) is 5.91 Å². The fourth-order valence-corrected chi connectivity index (χ4v) is 2.10. The summed E-state index contributed by atoms with van der Waals surface area (Å²) in [6.45, 7) is 0.337. The minimum Gasteiger partial charge on any atom is -0.352 e. The molecule has 2 aromatic carbocycles. The molecule has 4 nitrogen and oxygen atoms in total. The van der Waals surface area contributed by atoms with Crippen molar-refractivity contribution in [1.82, 2.24) is 10.2 Å². The number of amides is 2. The van der Waals surface area contributed by atoms with Crippen molar-refractivity contribution in [3.63, 3.8) is 0 Å². The van der Waals surface area contributed by atoms with Crippen LogP contribution in [0.25, 0.3) is 0 Å². The lowest BCUT2D eigenvalue weighted by molar-refractivity contribution is -0.120. The topological polar surface area (TPSA) is 49.4 Å². The molecule has 5 heteroatoms. The number of carbonyl (C=O) groups is 2. The standard InChI is InChI=1S/C18H19FN2O2/c1-21(2)18(23)14-9-7-13(8-10-14)12-20-17(22)11-15-5-3-4-6-16(15)19/h3-10H,11-12H2,1-2H3,(H,20,22). The first-order valence-electron chi connectivity index (χ1n) is 7.28. The maximum Gasteiger partial charge on any atom is 0.253 e. The zero-order valence-corrected chi connectivity index (χ0v) is 13.2. The van der Waals surface area contributed by atoms with Crippen molar-refractivity contribution in [2.75, 3.05) is 14.1 Å². The summed E-state index contributed by atoms with van der Waals surface area (Å²) < 4.78 is 13.5. The van der Waals surface area contributed by atoms with Crippen molar-refractivity contribution in [2.45, 2.75) is 13.0 Å². The van der Waals surface area contributed by atoms with E-state index in [1.54, 1.807) is 56.6 Å². The zero-order chi connectivity index (χ0) is 16.8. The molecule has 0 heterocycles. The molecular formula is C18H19FN2O2. The molecule has 0 aliphatic heterocycles. The Bertz CT molecular complexity index is 696. The van der Waals surface area contributed by atoms with E-state index in [0.29, 0.717) is 17.7 Å². The Balaban J connectivity index is 1.89. The van der Waals surface area contributed by atoms with E-state index in [1.165, 1.54) is 11.0 Å². The minimum absolute atomic E-state index is 0.00384. The van der Waals surface area contributed by atoms with Gasteiger partial charge in [-0.1, -0.05) is 30.3 Å². The number of hydrogen-bond acceptors (Lipinski definition) is 2. The van der Waals surface area contributed by atoms with E-state index in [-0.39, 0.29) is 24.1 Å². The third-order valence-corrected chi connectivity index (χ3v) is 3.41. The molecule has 23 heavy (non-hydrogen) atoms. The van der Waals surface area contributed by atoms with Crippen LogP contribution in [0, 0.1) is 5.82 Å². The van der Waals surface area contributed by atoms with E-state index >= 15 is 0 Å². The zero-order valence-electron chi connectivity index (χ0n) is 13.2. The Labute approximate surface area is 134 Å². The highest BCUT2D eigenvalue weighted by atomic mass is 19.1. The molecule has 0 fully saturated rings. The van der Waals surface area contributed by atoms with Gasteiger partial charge in [-0.25, -0.2) is 4.39 Å². The predicted molar refractivity (Wildman–Crippen MR) is 86.4 cm³/mol. The number of benzene rings is 2. The van der Waals surface area contributed by atoms with Gasteiger partial charge >= 0.3 is 0 Å². The van der Waals surface area contributed by atoms with Crippen LogP contribution >= 0.6 is 0 Å². The molecule has 0 radical (unpaired) electrons. The van der Waals surface area contributed by atoms with Gasteiger partial charge in [-0.3, -0.25) is 9.59 Å². The second kappa shape index (κ2) is 7.54. The van der Waals surface area contributed by atoms with Gasteiger partial charge < -0.3 is 10.2 Å². The molecule has 0 aromatic heterocycles. The summed E-state index contributed by atoms with van der Waals surface area (Å²) in [5.41, 5.74) is 1.84. The average Bonchev–Trinajstić information content (AvgIpc) is 2.55. The maximum absolute atomic E-state index is 13.5. The summed E-state index contributed by atoms with van der Waals surface area (Å²) in [6.07, 6.45) is 0.00384. The number of hydrogen-bond donors (Lipinski definition) is 1. The quantitative estimate of drug-likeness (QED) is 0.921. The second-order valence-electron chi connectivity index (χ2n) is 5.44. The Morgan fingerprint density at radius 2 is 1.70 bits per heavy atom. The highest BCUT2D eigenvalue weighted by Gasteiger charge is 2.09. The summed E-state index contributed by atoms with van der Waals surface area (Å²) >= 11 is 0. The average molecular weight is 314 g/mol. The first kappa shape index (κ1) is 16.7. The predicted octanol–water partition coefficient (Wildman–Crippen LogP) is 2.39. The number of halogens is 1. The van der Waals surface area contributed by atoms with Crippen molar-refractivity contribution in [3.05, 3.63) is 71.0 Å². The first-order valence-corrected chi connectivity index (χ1v) is 7.28. The van der Waals surface area contributed by atoms with Gasteiger partial charge in [-0.05, 0) is 29.3 Å². The smallest absolute Gasteiger partial charge is 0.253 e. The molecule has 0 saturated carbocycles. The van der Waals surface area contributed by atoms with Crippen LogP contribution < -0.4 is 5.32 Å². The largest absolute Gasteiger partial charge is 0.352 e. The number of nitrogens with one attached hydrogen (secondary N) is 1. The third kappa shape index (κ3) is 4.64. The van der Waals surface area contributed by atoms with E-state index in [4.69, 9.17) is 0 Å². The van der Waals surface area contributed by atoms with Crippen LogP contribution in [0.4, 0.5) is 4.39 Å². The molecular weight excluding hydrogens is 295 g/mol. The molecule has 0 atom stereocenters. The van der Waals surface area contributed by atoms with E-state index in [9.17, 15) is 14.0 Å². The number of carbonyl (C=O) groups excluding carboxylic acids is 2. The van der Waals surface area contributed by atoms with Crippen LogP contribution in [0.5, 0.6) is 0 Å². The molecule has 0 aliphatic carbocycles. The summed E-state index contributed by atoms with van der Waals surface area (Å²) in [5, 5.41) is 2.75. The molecule has 0 spiro atoms. The number of nitrogens with zero attached hydrogens (tertiary/aromatic N) is 1. The van der Waals surface area contributed by atoms with Gasteiger partial charge in [0, 0.05) is 26.2 Å². The molecule has 2 amide bonds. The van der Waals surface area contributed by atoms with Gasteiger partial charge in [0.15, 0.2) is 0 Å². The molecule has 2 rings (SSSR count). The summed E-state index contributed by atoms with van der Waals surface area (Å²) in [7, 11) is 3.39. The Hall–Kier alpha value is -2.69. The Morgan fingerprint density at radius 1 is 1.04 bits per heavy atom. The third-order valence-electron chi connectivity index (χ3n) is 3.41. The van der Waals surface area contributed by atoms with E-state index in [2.05, 4.69) is 5.32 Å². The van der Waals surface area contributed by atoms with Crippen molar-refractivity contribution in [2.24, 2.45) is 0 Å². The van der Waals surface area contributed by atoms with Crippen LogP contribution in [-0.4, -0.2) is 30.8 Å². The molecule has 0 unspecified atom stereocenters. The van der Waals surface area contributed by atoms with Crippen molar-refractivity contribution >= 4 is 11.8 Å². The maximum atomic E-state index is 13.5. The Morgan fingerprint density at radius 3 is 2.30 bits per heavy atom.